The molecule has 0 amide bonds. The minimum atomic E-state index is -3.79. The lowest BCUT2D eigenvalue weighted by molar-refractivity contribution is 0.443. The Balaban J connectivity index is 0.000000304. The zero-order chi connectivity index (χ0) is 15.6. The van der Waals surface area contributed by atoms with E-state index in [1.165, 1.54) is 50.7 Å². The van der Waals surface area contributed by atoms with Gasteiger partial charge in [0, 0.05) is 0 Å². The number of hydrogen-bond acceptors (Lipinski definition) is 4. The molecule has 1 aromatic rings. The summed E-state index contributed by atoms with van der Waals surface area (Å²) in [4.78, 5) is 0.0655. The fraction of sp³-hybridized carbons (Fsp3) is 0.438. The maximum atomic E-state index is 11.4. The molecule has 114 valence electrons. The van der Waals surface area contributed by atoms with E-state index in [1.807, 2.05) is 6.92 Å². The molecule has 0 aliphatic heterocycles. The summed E-state index contributed by atoms with van der Waals surface area (Å²) in [5, 5.41) is 8.16. The average Bonchev–Trinajstić information content (AvgIpc) is 2.50. The van der Waals surface area contributed by atoms with Crippen molar-refractivity contribution >= 4 is 10.1 Å². The normalized spacial score (nSPS) is 14.9. The van der Waals surface area contributed by atoms with Gasteiger partial charge in [0.05, 0.1) is 12.1 Å². The van der Waals surface area contributed by atoms with Gasteiger partial charge in [-0.05, 0) is 19.1 Å². The van der Waals surface area contributed by atoms with Gasteiger partial charge >= 0.3 is 10.1 Å². The number of nitrogens with zero attached hydrogens (tertiary/aromatic N) is 1. The molecule has 0 atom stereocenters. The van der Waals surface area contributed by atoms with Crippen LogP contribution >= 0.6 is 0 Å². The molecular formula is C16H21NO3S. The third kappa shape index (κ3) is 6.96. The van der Waals surface area contributed by atoms with E-state index in [2.05, 4.69) is 4.18 Å². The number of rotatable bonds is 3. The van der Waals surface area contributed by atoms with Crippen LogP contribution in [0.25, 0.3) is 0 Å². The molecule has 0 aromatic heterocycles. The first-order valence-electron chi connectivity index (χ1n) is 7.11. The van der Waals surface area contributed by atoms with Crippen LogP contribution in [-0.2, 0) is 14.3 Å². The maximum Gasteiger partial charge on any atom is 0.338 e. The van der Waals surface area contributed by atoms with Gasteiger partial charge in [0.1, 0.15) is 11.2 Å². The Morgan fingerprint density at radius 2 is 1.52 bits per heavy atom. The highest BCUT2D eigenvalue weighted by molar-refractivity contribution is 7.86. The first kappa shape index (κ1) is 17.3. The number of benzene rings is 1. The van der Waals surface area contributed by atoms with Crippen LogP contribution in [0.15, 0.2) is 41.5 Å². The fourth-order valence-corrected chi connectivity index (χ4v) is 2.73. The summed E-state index contributed by atoms with van der Waals surface area (Å²) in [6.07, 6.45) is 10.8. The van der Waals surface area contributed by atoms with Gasteiger partial charge in [0.2, 0.25) is 0 Å². The summed E-state index contributed by atoms with van der Waals surface area (Å²) in [6.45, 7) is 1.85. The van der Waals surface area contributed by atoms with E-state index in [0.29, 0.717) is 0 Å². The van der Waals surface area contributed by atoms with E-state index in [-0.39, 0.29) is 4.90 Å². The Labute approximate surface area is 127 Å². The van der Waals surface area contributed by atoms with Gasteiger partial charge in [-0.1, -0.05) is 56.2 Å². The van der Waals surface area contributed by atoms with Gasteiger partial charge < -0.3 is 4.18 Å². The predicted octanol–water partition coefficient (Wildman–Crippen LogP) is 4.08. The van der Waals surface area contributed by atoms with Gasteiger partial charge in [0.15, 0.2) is 0 Å². The van der Waals surface area contributed by atoms with Crippen LogP contribution in [0.5, 0.6) is 0 Å². The number of hydrogen-bond donors (Lipinski definition) is 0. The number of nitriles is 1. The van der Waals surface area contributed by atoms with Crippen molar-refractivity contribution in [1.82, 2.24) is 0 Å². The van der Waals surface area contributed by atoms with E-state index >= 15 is 0 Å². The topological polar surface area (TPSA) is 67.2 Å². The molecule has 0 N–H and O–H groups in total. The van der Waals surface area contributed by atoms with Crippen molar-refractivity contribution in [3.8, 4) is 6.07 Å². The lowest BCUT2D eigenvalue weighted by atomic mass is 10.0. The lowest BCUT2D eigenvalue weighted by Crippen LogP contribution is -2.01. The molecule has 1 aliphatic rings. The Morgan fingerprint density at radius 3 is 1.95 bits per heavy atom. The molecule has 5 heteroatoms. The van der Waals surface area contributed by atoms with Crippen molar-refractivity contribution < 1.29 is 12.6 Å². The molecule has 0 spiro atoms. The molecule has 1 saturated carbocycles. The van der Waals surface area contributed by atoms with Crippen LogP contribution in [0.4, 0.5) is 0 Å². The molecule has 0 radical (unpaired) electrons. The highest BCUT2D eigenvalue weighted by Gasteiger charge is 2.12. The second-order valence-corrected chi connectivity index (χ2v) is 6.49. The van der Waals surface area contributed by atoms with Crippen LogP contribution in [-0.4, -0.2) is 8.42 Å². The van der Waals surface area contributed by atoms with Crippen LogP contribution in [0.1, 0.15) is 44.1 Å². The molecule has 0 heterocycles. The number of allylic oxidation sites excluding steroid dienone is 1. The summed E-state index contributed by atoms with van der Waals surface area (Å²) >= 11 is 0. The summed E-state index contributed by atoms with van der Waals surface area (Å²) in [7, 11) is -3.79. The quantitative estimate of drug-likeness (QED) is 0.479. The van der Waals surface area contributed by atoms with Crippen LogP contribution < -0.4 is 0 Å². The Kier molecular flexibility index (Phi) is 7.55. The molecule has 0 unspecified atom stereocenters. The van der Waals surface area contributed by atoms with Crippen molar-refractivity contribution in [2.75, 3.05) is 0 Å². The highest BCUT2D eigenvalue weighted by Crippen LogP contribution is 2.15. The second-order valence-electron chi connectivity index (χ2n) is 4.92. The molecule has 1 aliphatic carbocycles. The molecule has 1 aromatic carbocycles. The summed E-state index contributed by atoms with van der Waals surface area (Å²) < 4.78 is 27.3. The molecule has 0 saturated heterocycles. The fourth-order valence-electron chi connectivity index (χ4n) is 1.95. The molecule has 4 nitrogen and oxygen atoms in total. The van der Waals surface area contributed by atoms with Gasteiger partial charge in [-0.2, -0.15) is 13.7 Å². The van der Waals surface area contributed by atoms with Gasteiger partial charge in [-0.25, -0.2) is 0 Å². The van der Waals surface area contributed by atoms with E-state index in [4.69, 9.17) is 5.26 Å². The van der Waals surface area contributed by atoms with Gasteiger partial charge in [-0.3, -0.25) is 0 Å². The Hall–Kier alpha value is -1.80. The second kappa shape index (κ2) is 9.19. The van der Waals surface area contributed by atoms with E-state index in [0.717, 1.165) is 17.9 Å². The zero-order valence-corrected chi connectivity index (χ0v) is 13.1. The standard InChI is InChI=1S/C10H9NO3S.C6H12/c1-9-3-5-10(6-4-9)15(12,13)14-8-2-7-11;1-2-4-6-5-3-1/h2-6,8H,1H3;1-6H2/b8-2+;. The van der Waals surface area contributed by atoms with Crippen molar-refractivity contribution in [3.63, 3.8) is 0 Å². The van der Waals surface area contributed by atoms with Gasteiger partial charge in [-0.15, -0.1) is 0 Å². The molecule has 0 bridgehead atoms. The SMILES string of the molecule is C1CCCCC1.Cc1ccc(S(=O)(=O)O/C=C/C#N)cc1. The molecular weight excluding hydrogens is 286 g/mol. The van der Waals surface area contributed by atoms with E-state index < -0.39 is 10.1 Å². The Morgan fingerprint density at radius 1 is 1.05 bits per heavy atom. The minimum Gasteiger partial charge on any atom is -0.386 e. The third-order valence-corrected chi connectivity index (χ3v) is 4.35. The lowest BCUT2D eigenvalue weighted by Gasteiger charge is -2.05. The van der Waals surface area contributed by atoms with E-state index in [1.54, 1.807) is 18.2 Å². The van der Waals surface area contributed by atoms with Crippen molar-refractivity contribution in [3.05, 3.63) is 42.2 Å². The first-order valence-corrected chi connectivity index (χ1v) is 8.52. The van der Waals surface area contributed by atoms with Crippen LogP contribution in [0, 0.1) is 18.3 Å². The monoisotopic (exact) mass is 307 g/mol. The smallest absolute Gasteiger partial charge is 0.338 e. The molecule has 21 heavy (non-hydrogen) atoms. The summed E-state index contributed by atoms with van der Waals surface area (Å²) in [5.74, 6) is 0. The summed E-state index contributed by atoms with van der Waals surface area (Å²) in [5.41, 5.74) is 0.960. The first-order chi connectivity index (χ1) is 10.1. The van der Waals surface area contributed by atoms with Gasteiger partial charge in [0.25, 0.3) is 0 Å². The largest absolute Gasteiger partial charge is 0.386 e. The predicted molar refractivity (Wildman–Crippen MR) is 81.9 cm³/mol. The van der Waals surface area contributed by atoms with Crippen molar-refractivity contribution in [2.24, 2.45) is 0 Å². The zero-order valence-electron chi connectivity index (χ0n) is 12.3. The molecule has 1 fully saturated rings. The minimum absolute atomic E-state index is 0.0655. The third-order valence-electron chi connectivity index (χ3n) is 3.13. The summed E-state index contributed by atoms with van der Waals surface area (Å²) in [6, 6.07) is 7.87. The van der Waals surface area contributed by atoms with Crippen LogP contribution in [0.3, 0.4) is 0 Å². The Bertz CT molecular complexity index is 567. The average molecular weight is 307 g/mol. The maximum absolute atomic E-state index is 11.4. The van der Waals surface area contributed by atoms with Crippen molar-refractivity contribution in [2.45, 2.75) is 50.3 Å². The number of aryl methyl sites for hydroxylation is 1. The molecule has 2 rings (SSSR count). The van der Waals surface area contributed by atoms with E-state index in [9.17, 15) is 8.42 Å². The highest BCUT2D eigenvalue weighted by atomic mass is 32.2. The van der Waals surface area contributed by atoms with Crippen molar-refractivity contribution in [1.29, 1.82) is 5.26 Å². The van der Waals surface area contributed by atoms with Crippen LogP contribution in [0.2, 0.25) is 0 Å².